The second-order valence-electron chi connectivity index (χ2n) is 5.54. The van der Waals surface area contributed by atoms with Crippen molar-refractivity contribution in [2.45, 2.75) is 6.92 Å². The van der Waals surface area contributed by atoms with Crippen molar-refractivity contribution in [3.63, 3.8) is 0 Å². The molecular weight excluding hydrogens is 374 g/mol. The van der Waals surface area contributed by atoms with E-state index in [0.717, 1.165) is 11.3 Å². The van der Waals surface area contributed by atoms with Crippen LogP contribution in [0.15, 0.2) is 47.8 Å². The Hall–Kier alpha value is -3.33. The Bertz CT molecular complexity index is 989. The van der Waals surface area contributed by atoms with E-state index in [4.69, 9.17) is 0 Å². The second kappa shape index (κ2) is 7.92. The highest BCUT2D eigenvalue weighted by Gasteiger charge is 2.13. The van der Waals surface area contributed by atoms with Crippen molar-refractivity contribution in [2.75, 3.05) is 16.0 Å². The zero-order valence-corrected chi connectivity index (χ0v) is 14.9. The van der Waals surface area contributed by atoms with E-state index in [1.54, 1.807) is 19.1 Å². The molecule has 3 N–H and O–H groups in total. The van der Waals surface area contributed by atoms with Gasteiger partial charge in [0.05, 0.1) is 0 Å². The van der Waals surface area contributed by atoms with Gasteiger partial charge >= 0.3 is 6.03 Å². The minimum atomic E-state index is -0.580. The molecule has 3 amide bonds. The number of nitrogens with zero attached hydrogens (tertiary/aromatic N) is 1. The van der Waals surface area contributed by atoms with Crippen molar-refractivity contribution >= 4 is 39.8 Å². The summed E-state index contributed by atoms with van der Waals surface area (Å²) in [6.07, 6.45) is 0. The van der Waals surface area contributed by atoms with E-state index in [9.17, 15) is 18.4 Å². The number of aromatic nitrogens is 1. The van der Waals surface area contributed by atoms with E-state index in [1.807, 2.05) is 0 Å². The molecule has 9 heteroatoms. The molecule has 0 saturated heterocycles. The number of benzene rings is 2. The van der Waals surface area contributed by atoms with Gasteiger partial charge in [-0.05, 0) is 48.9 Å². The average molecular weight is 388 g/mol. The van der Waals surface area contributed by atoms with Gasteiger partial charge in [-0.3, -0.25) is 10.1 Å². The molecule has 0 fully saturated rings. The Morgan fingerprint density at radius 2 is 1.67 bits per heavy atom. The quantitative estimate of drug-likeness (QED) is 0.610. The van der Waals surface area contributed by atoms with Gasteiger partial charge in [-0.25, -0.2) is 18.6 Å². The van der Waals surface area contributed by atoms with Crippen molar-refractivity contribution in [1.82, 2.24) is 4.98 Å². The average Bonchev–Trinajstić information content (AvgIpc) is 3.08. The maximum Gasteiger partial charge on any atom is 0.325 e. The number of carbonyl (C=O) groups excluding carboxylic acids is 2. The Kier molecular flexibility index (Phi) is 5.41. The Morgan fingerprint density at radius 1 is 0.963 bits per heavy atom. The van der Waals surface area contributed by atoms with Gasteiger partial charge in [-0.2, -0.15) is 0 Å². The molecule has 0 bridgehead atoms. The molecule has 6 nitrogen and oxygen atoms in total. The van der Waals surface area contributed by atoms with Gasteiger partial charge in [0.15, 0.2) is 5.13 Å². The number of nitrogens with one attached hydrogen (secondary N) is 3. The van der Waals surface area contributed by atoms with Gasteiger partial charge < -0.3 is 10.6 Å². The molecule has 1 aromatic heterocycles. The predicted molar refractivity (Wildman–Crippen MR) is 100 cm³/mol. The Balaban J connectivity index is 1.60. The highest BCUT2D eigenvalue weighted by atomic mass is 32.1. The van der Waals surface area contributed by atoms with Crippen LogP contribution in [0.25, 0.3) is 0 Å². The monoisotopic (exact) mass is 388 g/mol. The van der Waals surface area contributed by atoms with Crippen LogP contribution in [0.4, 0.5) is 30.1 Å². The lowest BCUT2D eigenvalue weighted by molar-refractivity contribution is 0.102. The van der Waals surface area contributed by atoms with Crippen LogP contribution in [0.2, 0.25) is 0 Å². The van der Waals surface area contributed by atoms with Crippen molar-refractivity contribution in [3.8, 4) is 0 Å². The number of hydrogen-bond acceptors (Lipinski definition) is 4. The number of thiazole rings is 1. The van der Waals surface area contributed by atoms with Crippen LogP contribution < -0.4 is 16.0 Å². The Labute approximate surface area is 157 Å². The van der Waals surface area contributed by atoms with Gasteiger partial charge in [0.1, 0.15) is 17.3 Å². The third kappa shape index (κ3) is 4.85. The maximum atomic E-state index is 13.5. The highest BCUT2D eigenvalue weighted by molar-refractivity contribution is 7.14. The van der Waals surface area contributed by atoms with Crippen LogP contribution in [0.1, 0.15) is 16.1 Å². The fourth-order valence-electron chi connectivity index (χ4n) is 2.09. The van der Waals surface area contributed by atoms with Crippen LogP contribution in [0.3, 0.4) is 0 Å². The largest absolute Gasteiger partial charge is 0.325 e. The first-order valence-electron chi connectivity index (χ1n) is 7.77. The normalized spacial score (nSPS) is 10.3. The molecule has 0 radical (unpaired) electrons. The van der Waals surface area contributed by atoms with Crippen molar-refractivity contribution in [3.05, 3.63) is 70.7 Å². The number of aryl methyl sites for hydroxylation is 1. The maximum absolute atomic E-state index is 13.5. The fourth-order valence-corrected chi connectivity index (χ4v) is 2.78. The topological polar surface area (TPSA) is 83.1 Å². The van der Waals surface area contributed by atoms with Gasteiger partial charge in [0, 0.05) is 16.8 Å². The molecule has 27 heavy (non-hydrogen) atoms. The van der Waals surface area contributed by atoms with E-state index in [0.29, 0.717) is 16.9 Å². The number of urea groups is 1. The number of halogens is 2. The van der Waals surface area contributed by atoms with Crippen molar-refractivity contribution in [1.29, 1.82) is 0 Å². The molecule has 0 aliphatic rings. The summed E-state index contributed by atoms with van der Waals surface area (Å²) in [4.78, 5) is 28.1. The molecule has 3 aromatic rings. The summed E-state index contributed by atoms with van der Waals surface area (Å²) in [5, 5.41) is 9.21. The number of carbonyl (C=O) groups is 2. The van der Waals surface area contributed by atoms with Crippen LogP contribution in [0.5, 0.6) is 0 Å². The van der Waals surface area contributed by atoms with E-state index in [1.165, 1.54) is 35.7 Å². The lowest BCUT2D eigenvalue weighted by Crippen LogP contribution is -2.19. The second-order valence-corrected chi connectivity index (χ2v) is 6.40. The third-order valence-corrected chi connectivity index (χ3v) is 4.25. The first kappa shape index (κ1) is 18.5. The summed E-state index contributed by atoms with van der Waals surface area (Å²) >= 11 is 1.06. The molecular formula is C18H14F2N4O2S. The summed E-state index contributed by atoms with van der Waals surface area (Å²) in [5.41, 5.74) is 1.27. The number of rotatable bonds is 4. The van der Waals surface area contributed by atoms with Crippen molar-refractivity contribution < 1.29 is 18.4 Å². The smallest absolute Gasteiger partial charge is 0.321 e. The fraction of sp³-hybridized carbons (Fsp3) is 0.0556. The van der Waals surface area contributed by atoms with Crippen LogP contribution in [0, 0.1) is 18.6 Å². The summed E-state index contributed by atoms with van der Waals surface area (Å²) in [6.45, 7) is 1.62. The molecule has 0 saturated carbocycles. The first-order valence-corrected chi connectivity index (χ1v) is 8.65. The molecule has 0 aliphatic heterocycles. The molecule has 0 aliphatic carbocycles. The third-order valence-electron chi connectivity index (χ3n) is 3.49. The van der Waals surface area contributed by atoms with Crippen LogP contribution >= 0.6 is 11.3 Å². The highest BCUT2D eigenvalue weighted by Crippen LogP contribution is 2.19. The molecule has 0 unspecified atom stereocenters. The zero-order valence-electron chi connectivity index (χ0n) is 14.0. The van der Waals surface area contributed by atoms with E-state index < -0.39 is 23.6 Å². The predicted octanol–water partition coefficient (Wildman–Crippen LogP) is 4.63. The number of hydrogen-bond donors (Lipinski definition) is 3. The molecule has 0 atom stereocenters. The molecule has 3 rings (SSSR count). The van der Waals surface area contributed by atoms with Gasteiger partial charge in [-0.15, -0.1) is 11.3 Å². The zero-order chi connectivity index (χ0) is 19.4. The molecule has 1 heterocycles. The van der Waals surface area contributed by atoms with Crippen LogP contribution in [-0.2, 0) is 0 Å². The Morgan fingerprint density at radius 3 is 2.37 bits per heavy atom. The van der Waals surface area contributed by atoms with Crippen LogP contribution in [-0.4, -0.2) is 16.9 Å². The standard InChI is InChI=1S/C18H14F2N4O2S/c1-10-2-5-13(8-14(10)20)21-16(25)15-9-27-18(23-15)24-17(26)22-12-6-3-11(19)4-7-12/h2-9H,1H3,(H,21,25)(H2,22,23,24,26). The van der Waals surface area contributed by atoms with Gasteiger partial charge in [0.2, 0.25) is 0 Å². The van der Waals surface area contributed by atoms with Crippen molar-refractivity contribution in [2.24, 2.45) is 0 Å². The molecule has 2 aromatic carbocycles. The lowest BCUT2D eigenvalue weighted by atomic mass is 10.2. The van der Waals surface area contributed by atoms with E-state index in [2.05, 4.69) is 20.9 Å². The van der Waals surface area contributed by atoms with Gasteiger partial charge in [0.25, 0.3) is 5.91 Å². The summed E-state index contributed by atoms with van der Waals surface area (Å²) in [6, 6.07) is 9.03. The lowest BCUT2D eigenvalue weighted by Gasteiger charge is -2.05. The minimum absolute atomic E-state index is 0.0815. The SMILES string of the molecule is Cc1ccc(NC(=O)c2csc(NC(=O)Nc3ccc(F)cc3)n2)cc1F. The minimum Gasteiger partial charge on any atom is -0.321 e. The van der Waals surface area contributed by atoms with E-state index in [-0.39, 0.29) is 10.8 Å². The summed E-state index contributed by atoms with van der Waals surface area (Å²) in [5.74, 6) is -1.36. The first-order chi connectivity index (χ1) is 12.9. The molecule has 138 valence electrons. The molecule has 0 spiro atoms. The van der Waals surface area contributed by atoms with E-state index >= 15 is 0 Å². The number of amides is 3. The summed E-state index contributed by atoms with van der Waals surface area (Å²) < 4.78 is 26.4. The van der Waals surface area contributed by atoms with Gasteiger partial charge in [-0.1, -0.05) is 6.07 Å². The summed E-state index contributed by atoms with van der Waals surface area (Å²) in [7, 11) is 0. The number of anilines is 3.